The second kappa shape index (κ2) is 9.90. The minimum atomic E-state index is -0.472. The first-order valence-corrected chi connectivity index (χ1v) is 9.15. The van der Waals surface area contributed by atoms with Gasteiger partial charge in [0.2, 0.25) is 0 Å². The summed E-state index contributed by atoms with van der Waals surface area (Å²) in [5.41, 5.74) is 2.28. The van der Waals surface area contributed by atoms with Gasteiger partial charge in [-0.1, -0.05) is 54.6 Å². The molecule has 0 aromatic heterocycles. The molecule has 0 aliphatic carbocycles. The molecular formula is C24H21NO4. The van der Waals surface area contributed by atoms with Crippen LogP contribution in [0.1, 0.15) is 12.5 Å². The van der Waals surface area contributed by atoms with E-state index in [1.165, 1.54) is 11.8 Å². The minimum Gasteiger partial charge on any atom is -0.445 e. The predicted molar refractivity (Wildman–Crippen MR) is 113 cm³/mol. The van der Waals surface area contributed by atoms with E-state index in [0.717, 1.165) is 16.9 Å². The number of amides is 1. The molecule has 0 heterocycles. The van der Waals surface area contributed by atoms with E-state index < -0.39 is 6.09 Å². The third-order valence-corrected chi connectivity index (χ3v) is 3.94. The van der Waals surface area contributed by atoms with E-state index in [9.17, 15) is 9.59 Å². The molecule has 0 radical (unpaired) electrons. The number of rotatable bonds is 6. The van der Waals surface area contributed by atoms with Crippen molar-refractivity contribution in [3.8, 4) is 5.75 Å². The van der Waals surface area contributed by atoms with Crippen LogP contribution in [0, 0.1) is 0 Å². The molecule has 146 valence electrons. The maximum Gasteiger partial charge on any atom is 0.419 e. The Bertz CT molecular complexity index is 945. The summed E-state index contributed by atoms with van der Waals surface area (Å²) in [6.45, 7) is 1.46. The van der Waals surface area contributed by atoms with Crippen molar-refractivity contribution in [2.75, 3.05) is 11.5 Å². The van der Waals surface area contributed by atoms with Crippen LogP contribution in [0.25, 0.3) is 6.08 Å². The highest BCUT2D eigenvalue weighted by Gasteiger charge is 2.18. The van der Waals surface area contributed by atoms with Gasteiger partial charge in [-0.2, -0.15) is 0 Å². The first-order valence-electron chi connectivity index (χ1n) is 9.15. The average Bonchev–Trinajstić information content (AvgIpc) is 2.73. The van der Waals surface area contributed by atoms with Crippen molar-refractivity contribution in [3.63, 3.8) is 0 Å². The highest BCUT2D eigenvalue weighted by Crippen LogP contribution is 2.25. The lowest BCUT2D eigenvalue weighted by Crippen LogP contribution is -2.26. The van der Waals surface area contributed by atoms with Gasteiger partial charge in [0.05, 0.1) is 11.4 Å². The van der Waals surface area contributed by atoms with Crippen molar-refractivity contribution in [1.82, 2.24) is 0 Å². The molecule has 0 unspecified atom stereocenters. The van der Waals surface area contributed by atoms with Crippen molar-refractivity contribution < 1.29 is 19.1 Å². The molecule has 0 bridgehead atoms. The maximum atomic E-state index is 12.7. The molecule has 3 aromatic carbocycles. The zero-order valence-electron chi connectivity index (χ0n) is 16.0. The lowest BCUT2D eigenvalue weighted by Gasteiger charge is -2.22. The number of benzene rings is 3. The van der Waals surface area contributed by atoms with Crippen molar-refractivity contribution >= 4 is 29.5 Å². The Hall–Kier alpha value is -3.86. The maximum absolute atomic E-state index is 12.7. The monoisotopic (exact) mass is 387 g/mol. The molecular weight excluding hydrogens is 366 g/mol. The normalized spacial score (nSPS) is 10.5. The molecule has 29 heavy (non-hydrogen) atoms. The lowest BCUT2D eigenvalue weighted by molar-refractivity contribution is -0.131. The van der Waals surface area contributed by atoms with E-state index in [1.54, 1.807) is 30.4 Å². The zero-order valence-corrected chi connectivity index (χ0v) is 16.0. The largest absolute Gasteiger partial charge is 0.445 e. The second-order valence-electron chi connectivity index (χ2n) is 6.15. The van der Waals surface area contributed by atoms with E-state index in [0.29, 0.717) is 5.75 Å². The number of hydrogen-bond acceptors (Lipinski definition) is 4. The van der Waals surface area contributed by atoms with Gasteiger partial charge in [-0.05, 0) is 48.0 Å². The summed E-state index contributed by atoms with van der Waals surface area (Å²) in [6.07, 6.45) is 3.06. The van der Waals surface area contributed by atoms with Crippen LogP contribution in [-0.2, 0) is 9.53 Å². The Morgan fingerprint density at radius 2 is 1.48 bits per heavy atom. The van der Waals surface area contributed by atoms with Crippen LogP contribution in [0.5, 0.6) is 5.75 Å². The number of nitrogens with zero attached hydrogens (tertiary/aromatic N) is 1. The Labute approximate surface area is 169 Å². The van der Waals surface area contributed by atoms with Gasteiger partial charge in [0.1, 0.15) is 12.4 Å². The first kappa shape index (κ1) is 19.9. The van der Waals surface area contributed by atoms with Crippen LogP contribution in [0.3, 0.4) is 0 Å². The smallest absolute Gasteiger partial charge is 0.419 e. The molecule has 3 aromatic rings. The number of hydrogen-bond donors (Lipinski definition) is 0. The van der Waals surface area contributed by atoms with Crippen molar-refractivity contribution in [3.05, 3.63) is 96.6 Å². The van der Waals surface area contributed by atoms with E-state index in [-0.39, 0.29) is 12.6 Å². The molecule has 1 amide bonds. The molecule has 0 aliphatic heterocycles. The van der Waals surface area contributed by atoms with Crippen molar-refractivity contribution in [2.24, 2.45) is 0 Å². The standard InChI is InChI=1S/C24H21NO4/c1-19(26)29-23-16-8-10-20(18-23)11-9-17-28-24(27)25(21-12-4-2-5-13-21)22-14-6-3-7-15-22/h2-16,18H,17H2,1H3/b11-9-. The van der Waals surface area contributed by atoms with Gasteiger partial charge >= 0.3 is 12.1 Å². The zero-order chi connectivity index (χ0) is 20.5. The summed E-state index contributed by atoms with van der Waals surface area (Å²) in [5.74, 6) is 0.0953. The lowest BCUT2D eigenvalue weighted by atomic mass is 10.2. The van der Waals surface area contributed by atoms with Crippen LogP contribution >= 0.6 is 0 Å². The van der Waals surface area contributed by atoms with Gasteiger partial charge < -0.3 is 9.47 Å². The van der Waals surface area contributed by atoms with Gasteiger partial charge in [0, 0.05) is 6.92 Å². The molecule has 0 spiro atoms. The van der Waals surface area contributed by atoms with E-state index in [1.807, 2.05) is 66.7 Å². The first-order chi connectivity index (χ1) is 14.1. The van der Waals surface area contributed by atoms with Crippen LogP contribution in [-0.4, -0.2) is 18.7 Å². The number of anilines is 2. The summed E-state index contributed by atoms with van der Waals surface area (Å²) in [5, 5.41) is 0. The van der Waals surface area contributed by atoms with Gasteiger partial charge in [0.15, 0.2) is 0 Å². The number of ether oxygens (including phenoxy) is 2. The van der Waals surface area contributed by atoms with Gasteiger partial charge in [-0.3, -0.25) is 4.79 Å². The Kier molecular flexibility index (Phi) is 6.79. The molecule has 0 N–H and O–H groups in total. The Balaban J connectivity index is 1.66. The number of esters is 1. The molecule has 0 saturated heterocycles. The fraction of sp³-hybridized carbons (Fsp3) is 0.0833. The highest BCUT2D eigenvalue weighted by atomic mass is 16.6. The predicted octanol–water partition coefficient (Wildman–Crippen LogP) is 5.60. The average molecular weight is 387 g/mol. The van der Waals surface area contributed by atoms with E-state index in [4.69, 9.17) is 9.47 Å². The summed E-state index contributed by atoms with van der Waals surface area (Å²) in [6, 6.07) is 25.8. The minimum absolute atomic E-state index is 0.104. The van der Waals surface area contributed by atoms with Crippen LogP contribution in [0.4, 0.5) is 16.2 Å². The third kappa shape index (κ3) is 5.81. The topological polar surface area (TPSA) is 55.8 Å². The summed E-state index contributed by atoms with van der Waals surface area (Å²) < 4.78 is 10.5. The van der Waals surface area contributed by atoms with E-state index >= 15 is 0 Å². The molecule has 0 atom stereocenters. The number of para-hydroxylation sites is 2. The Morgan fingerprint density at radius 1 is 0.862 bits per heavy atom. The van der Waals surface area contributed by atoms with Crippen LogP contribution in [0.15, 0.2) is 91.0 Å². The van der Waals surface area contributed by atoms with E-state index in [2.05, 4.69) is 0 Å². The Morgan fingerprint density at radius 3 is 2.07 bits per heavy atom. The molecule has 3 rings (SSSR count). The molecule has 0 fully saturated rings. The summed E-state index contributed by atoms with van der Waals surface area (Å²) >= 11 is 0. The molecule has 0 saturated carbocycles. The fourth-order valence-electron chi connectivity index (χ4n) is 2.73. The van der Waals surface area contributed by atoms with Crippen LogP contribution in [0.2, 0.25) is 0 Å². The third-order valence-electron chi connectivity index (χ3n) is 3.94. The fourth-order valence-corrected chi connectivity index (χ4v) is 2.73. The highest BCUT2D eigenvalue weighted by molar-refractivity contribution is 5.95. The second-order valence-corrected chi connectivity index (χ2v) is 6.15. The quantitative estimate of drug-likeness (QED) is 0.408. The SMILES string of the molecule is CC(=O)Oc1cccc(/C=C\COC(=O)N(c2ccccc2)c2ccccc2)c1. The van der Waals surface area contributed by atoms with Crippen molar-refractivity contribution in [2.45, 2.75) is 6.92 Å². The molecule has 5 heteroatoms. The number of carbonyl (C=O) groups excluding carboxylic acids is 2. The summed E-state index contributed by atoms with van der Waals surface area (Å²) in [7, 11) is 0. The molecule has 0 aliphatic rings. The summed E-state index contributed by atoms with van der Waals surface area (Å²) in [4.78, 5) is 25.3. The van der Waals surface area contributed by atoms with Gasteiger partial charge in [-0.15, -0.1) is 0 Å². The van der Waals surface area contributed by atoms with Gasteiger partial charge in [0.25, 0.3) is 0 Å². The van der Waals surface area contributed by atoms with Crippen molar-refractivity contribution in [1.29, 1.82) is 0 Å². The van der Waals surface area contributed by atoms with Crippen LogP contribution < -0.4 is 9.64 Å². The van der Waals surface area contributed by atoms with Gasteiger partial charge in [-0.25, -0.2) is 9.69 Å². The number of carbonyl (C=O) groups is 2. The molecule has 5 nitrogen and oxygen atoms in total.